The lowest BCUT2D eigenvalue weighted by Gasteiger charge is -2.52. The summed E-state index contributed by atoms with van der Waals surface area (Å²) < 4.78 is 8.27. The summed E-state index contributed by atoms with van der Waals surface area (Å²) in [5.74, 6) is 1.97. The first-order chi connectivity index (χ1) is 12.4. The van der Waals surface area contributed by atoms with Gasteiger partial charge in [0.05, 0.1) is 0 Å². The topological polar surface area (TPSA) is 45.4 Å². The lowest BCUT2D eigenvalue weighted by Crippen LogP contribution is -2.65. The highest BCUT2D eigenvalue weighted by Crippen LogP contribution is 2.37. The molecule has 1 saturated heterocycles. The lowest BCUT2D eigenvalue weighted by molar-refractivity contribution is 0.129. The van der Waals surface area contributed by atoms with Crippen LogP contribution in [0.4, 0.5) is 6.01 Å². The maximum absolute atomic E-state index is 5.82. The van der Waals surface area contributed by atoms with Gasteiger partial charge in [-0.25, -0.2) is 0 Å². The molecule has 0 aromatic carbocycles. The molecule has 1 aromatic heterocycles. The van der Waals surface area contributed by atoms with Gasteiger partial charge in [-0.2, -0.15) is 4.98 Å². The van der Waals surface area contributed by atoms with Gasteiger partial charge < -0.3 is 9.42 Å². The Morgan fingerprint density at radius 2 is 1.58 bits per heavy atom. The fourth-order valence-corrected chi connectivity index (χ4v) is 5.84. The first-order valence-corrected chi connectivity index (χ1v) is 11.1. The molecule has 0 radical (unpaired) electrons. The van der Waals surface area contributed by atoms with Crippen LogP contribution in [0.25, 0.3) is 0 Å². The summed E-state index contributed by atoms with van der Waals surface area (Å²) >= 11 is 0. The van der Waals surface area contributed by atoms with Gasteiger partial charge >= 0.3 is 6.01 Å². The van der Waals surface area contributed by atoms with Crippen LogP contribution in [0.15, 0.2) is 4.52 Å². The molecular formula is C20H37N4OP. The molecule has 2 heterocycles. The Morgan fingerprint density at radius 3 is 2.19 bits per heavy atom. The molecule has 0 N–H and O–H groups in total. The van der Waals surface area contributed by atoms with Gasteiger partial charge in [0, 0.05) is 30.1 Å². The number of piperazine rings is 1. The summed E-state index contributed by atoms with van der Waals surface area (Å²) in [6.45, 7) is 11.5. The Hall–Kier alpha value is -0.670. The second-order valence-corrected chi connectivity index (χ2v) is 9.38. The zero-order chi connectivity index (χ0) is 18.8. The molecule has 6 heteroatoms. The number of aromatic nitrogens is 2. The van der Waals surface area contributed by atoms with Crippen molar-refractivity contribution < 1.29 is 4.52 Å². The largest absolute Gasteiger partial charge is 0.324 e. The van der Waals surface area contributed by atoms with Crippen molar-refractivity contribution in [2.45, 2.75) is 110 Å². The van der Waals surface area contributed by atoms with Crippen LogP contribution in [0.1, 0.15) is 91.3 Å². The standard InChI is InChI=1S/C20H37N4OP/c1-13(2)18-16(5)23(14(3)15(4)24(18)26)20-21-19(22-25-20)17-11-9-7-6-8-10-12-17/h13-18H,6-12,26H2,1-5H3. The van der Waals surface area contributed by atoms with Crippen molar-refractivity contribution >= 4 is 15.4 Å². The fraction of sp³-hybridized carbons (Fsp3) is 0.900. The Kier molecular flexibility index (Phi) is 6.61. The highest BCUT2D eigenvalue weighted by Gasteiger charge is 2.44. The number of anilines is 1. The smallest absolute Gasteiger partial charge is 0.316 e. The molecule has 3 rings (SSSR count). The molecule has 1 aromatic rings. The molecule has 5 nitrogen and oxygen atoms in total. The van der Waals surface area contributed by atoms with Gasteiger partial charge in [0.15, 0.2) is 5.82 Å². The Bertz CT molecular complexity index is 570. The minimum Gasteiger partial charge on any atom is -0.316 e. The van der Waals surface area contributed by atoms with Gasteiger partial charge in [0.1, 0.15) is 0 Å². The van der Waals surface area contributed by atoms with Gasteiger partial charge in [0.2, 0.25) is 0 Å². The summed E-state index contributed by atoms with van der Waals surface area (Å²) in [5, 5.41) is 4.42. The number of hydrogen-bond acceptors (Lipinski definition) is 5. The highest BCUT2D eigenvalue weighted by molar-refractivity contribution is 7.13. The molecule has 1 aliphatic carbocycles. The minimum atomic E-state index is 0.336. The molecule has 2 aliphatic rings. The van der Waals surface area contributed by atoms with Crippen molar-refractivity contribution in [1.82, 2.24) is 14.8 Å². The Morgan fingerprint density at radius 1 is 0.962 bits per heavy atom. The van der Waals surface area contributed by atoms with Crippen LogP contribution in [0.3, 0.4) is 0 Å². The maximum atomic E-state index is 5.82. The molecule has 2 fully saturated rings. The van der Waals surface area contributed by atoms with Crippen LogP contribution < -0.4 is 4.90 Å². The normalized spacial score (nSPS) is 32.7. The van der Waals surface area contributed by atoms with E-state index < -0.39 is 0 Å². The van der Waals surface area contributed by atoms with E-state index in [0.29, 0.717) is 36.0 Å². The van der Waals surface area contributed by atoms with Gasteiger partial charge in [-0.15, -0.1) is 0 Å². The summed E-state index contributed by atoms with van der Waals surface area (Å²) in [6.07, 6.45) is 9.06. The average molecular weight is 381 g/mol. The van der Waals surface area contributed by atoms with Gasteiger partial charge in [-0.3, -0.25) is 4.67 Å². The predicted molar refractivity (Wildman–Crippen MR) is 110 cm³/mol. The third-order valence-electron chi connectivity index (χ3n) is 6.69. The van der Waals surface area contributed by atoms with E-state index in [-0.39, 0.29) is 0 Å². The lowest BCUT2D eigenvalue weighted by atomic mass is 9.89. The monoisotopic (exact) mass is 380 g/mol. The molecule has 1 saturated carbocycles. The van der Waals surface area contributed by atoms with Gasteiger partial charge in [-0.05, 0) is 39.5 Å². The van der Waals surface area contributed by atoms with E-state index in [0.717, 1.165) is 11.8 Å². The van der Waals surface area contributed by atoms with Crippen LogP contribution in [-0.4, -0.2) is 39.0 Å². The van der Waals surface area contributed by atoms with Crippen molar-refractivity contribution in [2.75, 3.05) is 4.90 Å². The zero-order valence-electron chi connectivity index (χ0n) is 17.2. The second kappa shape index (κ2) is 8.56. The van der Waals surface area contributed by atoms with Gasteiger partial charge in [-0.1, -0.05) is 60.5 Å². The van der Waals surface area contributed by atoms with Crippen molar-refractivity contribution in [2.24, 2.45) is 5.92 Å². The third kappa shape index (κ3) is 3.94. The van der Waals surface area contributed by atoms with E-state index in [1.807, 2.05) is 0 Å². The summed E-state index contributed by atoms with van der Waals surface area (Å²) in [7, 11) is 2.95. The molecule has 5 unspecified atom stereocenters. The highest BCUT2D eigenvalue weighted by atomic mass is 31.0. The maximum Gasteiger partial charge on any atom is 0.324 e. The summed E-state index contributed by atoms with van der Waals surface area (Å²) in [6, 6.07) is 2.26. The molecule has 0 spiro atoms. The van der Waals surface area contributed by atoms with Crippen molar-refractivity contribution in [1.29, 1.82) is 0 Å². The van der Waals surface area contributed by atoms with Crippen molar-refractivity contribution in [3.63, 3.8) is 0 Å². The first kappa shape index (κ1) is 20.1. The molecule has 148 valence electrons. The minimum absolute atomic E-state index is 0.336. The third-order valence-corrected chi connectivity index (χ3v) is 7.50. The number of hydrogen-bond donors (Lipinski definition) is 0. The van der Waals surface area contributed by atoms with Crippen LogP contribution >= 0.6 is 9.39 Å². The Balaban J connectivity index is 1.82. The van der Waals surface area contributed by atoms with E-state index in [1.165, 1.54) is 44.9 Å². The van der Waals surface area contributed by atoms with E-state index >= 15 is 0 Å². The summed E-state index contributed by atoms with van der Waals surface area (Å²) in [5.41, 5.74) is 0. The van der Waals surface area contributed by atoms with Crippen molar-refractivity contribution in [3.05, 3.63) is 5.82 Å². The molecule has 0 bridgehead atoms. The molecule has 1 aliphatic heterocycles. The van der Waals surface area contributed by atoms with E-state index in [4.69, 9.17) is 9.51 Å². The van der Waals surface area contributed by atoms with Crippen LogP contribution in [0.2, 0.25) is 0 Å². The second-order valence-electron chi connectivity index (χ2n) is 8.79. The van der Waals surface area contributed by atoms with Crippen molar-refractivity contribution in [3.8, 4) is 0 Å². The van der Waals surface area contributed by atoms with E-state index in [2.05, 4.69) is 58.7 Å². The molecule has 26 heavy (non-hydrogen) atoms. The average Bonchev–Trinajstić information content (AvgIpc) is 3.02. The molecular weight excluding hydrogens is 343 g/mol. The van der Waals surface area contributed by atoms with Crippen LogP contribution in [0, 0.1) is 5.92 Å². The fourth-order valence-electron chi connectivity index (χ4n) is 5.00. The molecule has 0 amide bonds. The SMILES string of the molecule is CC(C)C1C(C)N(c2nc(C3CCCCCCC3)no2)C(C)C(C)N1P. The predicted octanol–water partition coefficient (Wildman–Crippen LogP) is 5.00. The van der Waals surface area contributed by atoms with Gasteiger partial charge in [0.25, 0.3) is 0 Å². The number of nitrogens with zero attached hydrogens (tertiary/aromatic N) is 4. The van der Waals surface area contributed by atoms with E-state index in [1.54, 1.807) is 0 Å². The zero-order valence-corrected chi connectivity index (χ0v) is 18.3. The molecule has 5 atom stereocenters. The Labute approximate surface area is 161 Å². The van der Waals surface area contributed by atoms with Crippen LogP contribution in [0.5, 0.6) is 0 Å². The quantitative estimate of drug-likeness (QED) is 0.691. The summed E-state index contributed by atoms with van der Waals surface area (Å²) in [4.78, 5) is 7.28. The number of rotatable bonds is 3. The first-order valence-electron chi connectivity index (χ1n) is 10.6. The van der Waals surface area contributed by atoms with Crippen LogP contribution in [-0.2, 0) is 0 Å². The van der Waals surface area contributed by atoms with E-state index in [9.17, 15) is 0 Å².